The molecule has 1 rings (SSSR count). The van der Waals surface area contributed by atoms with Crippen LogP contribution in [-0.2, 0) is 6.61 Å². The topological polar surface area (TPSA) is 39.6 Å². The zero-order valence-electron chi connectivity index (χ0n) is 9.64. The van der Waals surface area contributed by atoms with E-state index in [0.717, 1.165) is 18.9 Å². The van der Waals surface area contributed by atoms with Gasteiger partial charge in [0.15, 0.2) is 0 Å². The molecule has 0 amide bonds. The van der Waals surface area contributed by atoms with Crippen LogP contribution >= 0.6 is 0 Å². The Morgan fingerprint density at radius 3 is 2.53 bits per heavy atom. The second-order valence-electron chi connectivity index (χ2n) is 3.87. The van der Waals surface area contributed by atoms with E-state index in [-0.39, 0.29) is 6.61 Å². The first-order chi connectivity index (χ1) is 7.13. The molecule has 0 saturated carbocycles. The van der Waals surface area contributed by atoms with E-state index in [1.165, 1.54) is 0 Å². The van der Waals surface area contributed by atoms with Crippen LogP contribution in [0.5, 0.6) is 0 Å². The van der Waals surface area contributed by atoms with E-state index in [1.54, 1.807) is 0 Å². The molecule has 0 atom stereocenters. The van der Waals surface area contributed by atoms with Gasteiger partial charge in [0.1, 0.15) is 5.82 Å². The third kappa shape index (κ3) is 3.85. The second-order valence-corrected chi connectivity index (χ2v) is 3.87. The summed E-state index contributed by atoms with van der Waals surface area (Å²) in [7, 11) is 6.10. The zero-order valence-corrected chi connectivity index (χ0v) is 9.64. The van der Waals surface area contributed by atoms with E-state index >= 15 is 0 Å². The lowest BCUT2D eigenvalue weighted by Crippen LogP contribution is -2.29. The lowest BCUT2D eigenvalue weighted by atomic mass is 10.3. The number of pyridine rings is 1. The Morgan fingerprint density at radius 1 is 1.20 bits per heavy atom. The molecule has 0 saturated heterocycles. The minimum Gasteiger partial charge on any atom is -0.390 e. The van der Waals surface area contributed by atoms with Crippen molar-refractivity contribution in [1.82, 2.24) is 9.88 Å². The summed E-state index contributed by atoms with van der Waals surface area (Å²) in [4.78, 5) is 8.54. The molecule has 0 fully saturated rings. The largest absolute Gasteiger partial charge is 0.390 e. The molecular formula is C11H19N3O. The molecule has 0 aliphatic carbocycles. The number of rotatable bonds is 5. The van der Waals surface area contributed by atoms with Gasteiger partial charge in [-0.3, -0.25) is 0 Å². The van der Waals surface area contributed by atoms with E-state index in [4.69, 9.17) is 5.11 Å². The number of likely N-dealkylation sites (N-methyl/N-ethyl adjacent to an activating group) is 2. The predicted octanol–water partition coefficient (Wildman–Crippen LogP) is 0.572. The molecule has 4 heteroatoms. The molecule has 84 valence electrons. The van der Waals surface area contributed by atoms with Crippen LogP contribution in [0, 0.1) is 0 Å². The number of hydrogen-bond acceptors (Lipinski definition) is 4. The summed E-state index contributed by atoms with van der Waals surface area (Å²) in [5.74, 6) is 0.906. The number of hydrogen-bond donors (Lipinski definition) is 1. The summed E-state index contributed by atoms with van der Waals surface area (Å²) < 4.78 is 0. The molecule has 1 aromatic rings. The Balaban J connectivity index is 2.60. The van der Waals surface area contributed by atoms with Gasteiger partial charge >= 0.3 is 0 Å². The van der Waals surface area contributed by atoms with Gasteiger partial charge in [0.25, 0.3) is 0 Å². The quantitative estimate of drug-likeness (QED) is 0.769. The Kier molecular flexibility index (Phi) is 4.52. The van der Waals surface area contributed by atoms with Crippen LogP contribution in [0.2, 0.25) is 0 Å². The van der Waals surface area contributed by atoms with E-state index in [0.29, 0.717) is 5.69 Å². The van der Waals surface area contributed by atoms with Crippen molar-refractivity contribution >= 4 is 5.82 Å². The smallest absolute Gasteiger partial charge is 0.128 e. The van der Waals surface area contributed by atoms with Crippen LogP contribution < -0.4 is 4.90 Å². The normalized spacial score (nSPS) is 10.7. The first-order valence-corrected chi connectivity index (χ1v) is 5.06. The molecule has 0 aromatic carbocycles. The van der Waals surface area contributed by atoms with Crippen molar-refractivity contribution in [3.63, 3.8) is 0 Å². The number of nitrogens with zero attached hydrogens (tertiary/aromatic N) is 3. The average Bonchev–Trinajstić information content (AvgIpc) is 2.26. The van der Waals surface area contributed by atoms with Crippen LogP contribution in [0.4, 0.5) is 5.82 Å². The van der Waals surface area contributed by atoms with Gasteiger partial charge in [-0.05, 0) is 26.2 Å². The highest BCUT2D eigenvalue weighted by Gasteiger charge is 2.03. The average molecular weight is 209 g/mol. The SMILES string of the molecule is CN(C)CCN(C)c1cccc(CO)n1. The van der Waals surface area contributed by atoms with Gasteiger partial charge in [0, 0.05) is 20.1 Å². The van der Waals surface area contributed by atoms with Crippen molar-refractivity contribution in [3.05, 3.63) is 23.9 Å². The van der Waals surface area contributed by atoms with Gasteiger partial charge < -0.3 is 14.9 Å². The van der Waals surface area contributed by atoms with E-state index in [2.05, 4.69) is 14.8 Å². The third-order valence-electron chi connectivity index (χ3n) is 2.23. The molecule has 0 aliphatic heterocycles. The summed E-state index contributed by atoms with van der Waals surface area (Å²) in [5.41, 5.74) is 0.712. The van der Waals surface area contributed by atoms with Crippen molar-refractivity contribution in [2.75, 3.05) is 39.1 Å². The first-order valence-electron chi connectivity index (χ1n) is 5.06. The van der Waals surface area contributed by atoms with Gasteiger partial charge in [-0.1, -0.05) is 6.07 Å². The van der Waals surface area contributed by atoms with Gasteiger partial charge in [-0.15, -0.1) is 0 Å². The molecular weight excluding hydrogens is 190 g/mol. The summed E-state index contributed by atoms with van der Waals surface area (Å²) in [6.45, 7) is 1.91. The van der Waals surface area contributed by atoms with Crippen LogP contribution in [0.1, 0.15) is 5.69 Å². The van der Waals surface area contributed by atoms with Crippen molar-refractivity contribution in [1.29, 1.82) is 0 Å². The molecule has 0 bridgehead atoms. The zero-order chi connectivity index (χ0) is 11.3. The van der Waals surface area contributed by atoms with Crippen LogP contribution in [-0.4, -0.2) is 49.2 Å². The van der Waals surface area contributed by atoms with Crippen molar-refractivity contribution < 1.29 is 5.11 Å². The van der Waals surface area contributed by atoms with E-state index in [1.807, 2.05) is 39.3 Å². The standard InChI is InChI=1S/C11H19N3O/c1-13(2)7-8-14(3)11-6-4-5-10(9-15)12-11/h4-6,15H,7-9H2,1-3H3. The highest BCUT2D eigenvalue weighted by molar-refractivity contribution is 5.38. The molecule has 0 spiro atoms. The Hall–Kier alpha value is -1.13. The van der Waals surface area contributed by atoms with E-state index < -0.39 is 0 Å². The maximum atomic E-state index is 8.97. The van der Waals surface area contributed by atoms with Crippen molar-refractivity contribution in [2.24, 2.45) is 0 Å². The van der Waals surface area contributed by atoms with Crippen molar-refractivity contribution in [3.8, 4) is 0 Å². The number of aliphatic hydroxyl groups excluding tert-OH is 1. The molecule has 0 unspecified atom stereocenters. The summed E-state index contributed by atoms with van der Waals surface area (Å²) in [6.07, 6.45) is 0. The van der Waals surface area contributed by atoms with Gasteiger partial charge in [0.05, 0.1) is 12.3 Å². The summed E-state index contributed by atoms with van der Waals surface area (Å²) in [6, 6.07) is 5.69. The Bertz CT molecular complexity index is 302. The minimum atomic E-state index is -0.00460. The number of anilines is 1. The van der Waals surface area contributed by atoms with Crippen molar-refractivity contribution in [2.45, 2.75) is 6.61 Å². The van der Waals surface area contributed by atoms with Crippen LogP contribution in [0.25, 0.3) is 0 Å². The fraction of sp³-hybridized carbons (Fsp3) is 0.545. The first kappa shape index (κ1) is 11.9. The minimum absolute atomic E-state index is 0.00460. The lowest BCUT2D eigenvalue weighted by Gasteiger charge is -2.20. The molecule has 4 nitrogen and oxygen atoms in total. The maximum absolute atomic E-state index is 8.97. The monoisotopic (exact) mass is 209 g/mol. The summed E-state index contributed by atoms with van der Waals surface area (Å²) in [5, 5.41) is 8.97. The number of aromatic nitrogens is 1. The highest BCUT2D eigenvalue weighted by atomic mass is 16.3. The third-order valence-corrected chi connectivity index (χ3v) is 2.23. The van der Waals surface area contributed by atoms with Gasteiger partial charge in [-0.2, -0.15) is 0 Å². The fourth-order valence-corrected chi connectivity index (χ4v) is 1.23. The van der Waals surface area contributed by atoms with Gasteiger partial charge in [0.2, 0.25) is 0 Å². The highest BCUT2D eigenvalue weighted by Crippen LogP contribution is 2.09. The van der Waals surface area contributed by atoms with Crippen LogP contribution in [0.15, 0.2) is 18.2 Å². The fourth-order valence-electron chi connectivity index (χ4n) is 1.23. The second kappa shape index (κ2) is 5.68. The molecule has 1 heterocycles. The lowest BCUT2D eigenvalue weighted by molar-refractivity contribution is 0.277. The Labute approximate surface area is 91.2 Å². The van der Waals surface area contributed by atoms with E-state index in [9.17, 15) is 0 Å². The Morgan fingerprint density at radius 2 is 1.93 bits per heavy atom. The molecule has 1 aromatic heterocycles. The number of aliphatic hydroxyl groups is 1. The van der Waals surface area contributed by atoms with Crippen LogP contribution in [0.3, 0.4) is 0 Å². The molecule has 15 heavy (non-hydrogen) atoms. The molecule has 0 radical (unpaired) electrons. The molecule has 1 N–H and O–H groups in total. The molecule has 0 aliphatic rings. The summed E-state index contributed by atoms with van der Waals surface area (Å²) >= 11 is 0. The van der Waals surface area contributed by atoms with Gasteiger partial charge in [-0.25, -0.2) is 4.98 Å². The maximum Gasteiger partial charge on any atom is 0.128 e. The predicted molar refractivity (Wildman–Crippen MR) is 62.0 cm³/mol.